The fourth-order valence-corrected chi connectivity index (χ4v) is 6.47. The van der Waals surface area contributed by atoms with Crippen LogP contribution in [0.1, 0.15) is 82.9 Å². The molecule has 13 heteroatoms. The van der Waals surface area contributed by atoms with Crippen LogP contribution in [-0.2, 0) is 22.7 Å². The summed E-state index contributed by atoms with van der Waals surface area (Å²) in [6.07, 6.45) is 13.0. The molecule has 0 saturated carbocycles. The zero-order chi connectivity index (χ0) is 25.9. The monoisotopic (exact) mass is 536 g/mol. The average molecular weight is 536 g/mol. The highest BCUT2D eigenvalue weighted by molar-refractivity contribution is 7.64. The highest BCUT2D eigenvalue weighted by atomic mass is 31.3. The minimum absolute atomic E-state index is 0.228. The number of phosphoric acid groups is 1. The van der Waals surface area contributed by atoms with Crippen LogP contribution in [0.3, 0.4) is 0 Å². The zero-order valence-electron chi connectivity index (χ0n) is 20.5. The summed E-state index contributed by atoms with van der Waals surface area (Å²) in [4.78, 5) is 45.4. The van der Waals surface area contributed by atoms with Gasteiger partial charge < -0.3 is 14.5 Å². The van der Waals surface area contributed by atoms with E-state index in [9.17, 15) is 28.5 Å². The molecular weight excluding hydrogens is 498 g/mol. The summed E-state index contributed by atoms with van der Waals surface area (Å²) in [7, 11) is -9.11. The van der Waals surface area contributed by atoms with Crippen molar-refractivity contribution in [1.82, 2.24) is 9.55 Å². The van der Waals surface area contributed by atoms with Gasteiger partial charge in [-0.3, -0.25) is 23.4 Å². The fraction of sp³-hybridized carbons (Fsp3) is 0.727. The van der Waals surface area contributed by atoms with E-state index in [-0.39, 0.29) is 6.16 Å². The summed E-state index contributed by atoms with van der Waals surface area (Å²) >= 11 is 0. The second-order valence-electron chi connectivity index (χ2n) is 8.82. The van der Waals surface area contributed by atoms with Crippen molar-refractivity contribution < 1.29 is 32.5 Å². The number of ether oxygens (including phenoxy) is 1. The molecule has 0 fully saturated rings. The van der Waals surface area contributed by atoms with Crippen molar-refractivity contribution >= 4 is 15.4 Å². The Bertz CT molecular complexity index is 1040. The van der Waals surface area contributed by atoms with Gasteiger partial charge in [0.15, 0.2) is 6.23 Å². The fourth-order valence-electron chi connectivity index (χ4n) is 3.71. The van der Waals surface area contributed by atoms with Gasteiger partial charge >= 0.3 is 21.1 Å². The van der Waals surface area contributed by atoms with E-state index in [0.717, 1.165) is 30.3 Å². The number of aromatic amines is 1. The molecule has 0 saturated heterocycles. The van der Waals surface area contributed by atoms with Gasteiger partial charge in [0.1, 0.15) is 6.10 Å². The number of aryl methyl sites for hydroxylation is 1. The highest BCUT2D eigenvalue weighted by Gasteiger charge is 2.34. The summed E-state index contributed by atoms with van der Waals surface area (Å²) in [5.41, 5.74) is -0.852. The summed E-state index contributed by atoms with van der Waals surface area (Å²) in [6.45, 7) is 3.29. The van der Waals surface area contributed by atoms with E-state index >= 15 is 0 Å². The third kappa shape index (κ3) is 11.1. The first-order valence-corrected chi connectivity index (χ1v) is 15.4. The Morgan fingerprint density at radius 3 is 2.23 bits per heavy atom. The van der Waals surface area contributed by atoms with Gasteiger partial charge in [-0.15, -0.1) is 0 Å². The lowest BCUT2D eigenvalue weighted by Crippen LogP contribution is -2.33. The summed E-state index contributed by atoms with van der Waals surface area (Å²) in [5.74, 6) is 0. The molecule has 1 aliphatic rings. The highest BCUT2D eigenvalue weighted by Crippen LogP contribution is 2.60. The number of unbranched alkanes of at least 4 members (excludes halogenated alkanes) is 9. The number of H-pyrrole nitrogens is 1. The van der Waals surface area contributed by atoms with Gasteiger partial charge in [0.2, 0.25) is 0 Å². The molecule has 0 radical (unpaired) electrons. The van der Waals surface area contributed by atoms with Crippen LogP contribution in [0.15, 0.2) is 27.9 Å². The molecule has 11 nitrogen and oxygen atoms in total. The third-order valence-electron chi connectivity index (χ3n) is 5.65. The minimum atomic E-state index is -4.81. The van der Waals surface area contributed by atoms with Crippen molar-refractivity contribution in [2.75, 3.05) is 12.8 Å². The molecule has 0 amide bonds. The Hall–Kier alpha value is -1.32. The second kappa shape index (κ2) is 14.4. The molecule has 2 rings (SSSR count). The second-order valence-corrected chi connectivity index (χ2v) is 12.4. The van der Waals surface area contributed by atoms with Crippen LogP contribution < -0.4 is 11.2 Å². The lowest BCUT2D eigenvalue weighted by Gasteiger charge is -2.19. The van der Waals surface area contributed by atoms with Crippen molar-refractivity contribution in [2.45, 2.75) is 90.4 Å². The standard InChI is InChI=1S/C22H38N2O9P2/c1-3-4-5-6-7-8-9-10-11-12-15-34(27,28)33-35(29,30)31-17-19-13-14-20(32-19)24-16-18(2)21(25)23-22(24)26/h13-14,16,19-20H,3-12,15,17H2,1-2H3,(H,27,28)(H,29,30)(H,23,25,26)/t19-,20+/m0/s1. The summed E-state index contributed by atoms with van der Waals surface area (Å²) < 4.78 is 40.5. The average Bonchev–Trinajstić information content (AvgIpc) is 3.24. The molecule has 0 spiro atoms. The smallest absolute Gasteiger partial charge is 0.344 e. The molecule has 0 aliphatic carbocycles. The summed E-state index contributed by atoms with van der Waals surface area (Å²) in [6, 6.07) is 0. The van der Waals surface area contributed by atoms with Crippen LogP contribution in [0.4, 0.5) is 0 Å². The minimum Gasteiger partial charge on any atom is -0.344 e. The van der Waals surface area contributed by atoms with Crippen molar-refractivity contribution in [3.63, 3.8) is 0 Å². The van der Waals surface area contributed by atoms with Crippen LogP contribution in [0, 0.1) is 6.92 Å². The Morgan fingerprint density at radius 1 is 1.00 bits per heavy atom. The largest absolute Gasteiger partial charge is 0.479 e. The molecule has 3 N–H and O–H groups in total. The van der Waals surface area contributed by atoms with Gasteiger partial charge in [-0.1, -0.05) is 70.8 Å². The van der Waals surface area contributed by atoms with Crippen LogP contribution in [-0.4, -0.2) is 38.2 Å². The predicted molar refractivity (Wildman–Crippen MR) is 133 cm³/mol. The Kier molecular flexibility index (Phi) is 12.3. The Morgan fingerprint density at radius 2 is 1.60 bits per heavy atom. The first-order chi connectivity index (χ1) is 16.5. The zero-order valence-corrected chi connectivity index (χ0v) is 22.3. The lowest BCUT2D eigenvalue weighted by molar-refractivity contribution is -0.0101. The topological polar surface area (TPSA) is 157 Å². The number of hydrogen-bond donors (Lipinski definition) is 3. The normalized spacial score (nSPS) is 21.1. The van der Waals surface area contributed by atoms with Gasteiger partial charge in [0.05, 0.1) is 12.8 Å². The number of hydrogen-bond acceptors (Lipinski definition) is 7. The maximum Gasteiger partial charge on any atom is 0.479 e. The van der Waals surface area contributed by atoms with Gasteiger partial charge in [0.25, 0.3) is 5.56 Å². The van der Waals surface area contributed by atoms with Crippen molar-refractivity contribution in [2.24, 2.45) is 0 Å². The predicted octanol–water partition coefficient (Wildman–Crippen LogP) is 4.54. The first-order valence-electron chi connectivity index (χ1n) is 12.2. The number of phosphoric ester groups is 1. The molecule has 2 unspecified atom stereocenters. The third-order valence-corrected chi connectivity index (χ3v) is 8.85. The van der Waals surface area contributed by atoms with Crippen molar-refractivity contribution in [3.8, 4) is 0 Å². The van der Waals surface area contributed by atoms with Crippen LogP contribution in [0.5, 0.6) is 0 Å². The van der Waals surface area contributed by atoms with E-state index in [1.54, 1.807) is 0 Å². The van der Waals surface area contributed by atoms with Gasteiger partial charge in [-0.2, -0.15) is 0 Å². The number of nitrogens with zero attached hydrogens (tertiary/aromatic N) is 1. The van der Waals surface area contributed by atoms with Crippen molar-refractivity contribution in [3.05, 3.63) is 44.8 Å². The Balaban J connectivity index is 1.67. The van der Waals surface area contributed by atoms with Gasteiger partial charge in [-0.05, 0) is 19.4 Å². The lowest BCUT2D eigenvalue weighted by atomic mass is 10.1. The van der Waals surface area contributed by atoms with E-state index in [1.807, 2.05) is 0 Å². The molecule has 0 bridgehead atoms. The Labute approximate surface area is 205 Å². The molecule has 2 heterocycles. The molecule has 1 aromatic heterocycles. The maximum absolute atomic E-state index is 12.2. The molecule has 0 aromatic carbocycles. The maximum atomic E-state index is 12.2. The molecule has 4 atom stereocenters. The van der Waals surface area contributed by atoms with Crippen LogP contribution in [0.25, 0.3) is 0 Å². The molecule has 35 heavy (non-hydrogen) atoms. The number of aromatic nitrogens is 2. The van der Waals surface area contributed by atoms with E-state index < -0.39 is 45.6 Å². The van der Waals surface area contributed by atoms with E-state index in [4.69, 9.17) is 9.26 Å². The van der Waals surface area contributed by atoms with Gasteiger partial charge in [-0.25, -0.2) is 13.7 Å². The van der Waals surface area contributed by atoms with Crippen LogP contribution >= 0.6 is 15.4 Å². The molecule has 200 valence electrons. The number of rotatable bonds is 17. The van der Waals surface area contributed by atoms with Crippen molar-refractivity contribution in [1.29, 1.82) is 0 Å². The van der Waals surface area contributed by atoms with E-state index in [1.165, 1.54) is 57.4 Å². The van der Waals surface area contributed by atoms with Gasteiger partial charge in [0, 0.05) is 11.8 Å². The van der Waals surface area contributed by atoms with E-state index in [2.05, 4.69) is 16.2 Å². The number of nitrogens with one attached hydrogen (secondary N) is 1. The SMILES string of the molecule is CCCCCCCCCCCCP(=O)(O)OP(=O)(O)OC[C@@H]1C=C[C@H](n2cc(C)c(=O)[nH]c2=O)O1. The quantitative estimate of drug-likeness (QED) is 0.148. The van der Waals surface area contributed by atoms with Crippen LogP contribution in [0.2, 0.25) is 0 Å². The molecule has 1 aromatic rings. The summed E-state index contributed by atoms with van der Waals surface area (Å²) in [5, 5.41) is 0. The first kappa shape index (κ1) is 29.9. The van der Waals surface area contributed by atoms with E-state index in [0.29, 0.717) is 12.0 Å². The molecule has 1 aliphatic heterocycles. The molecular formula is C22H38N2O9P2.